The predicted octanol–water partition coefficient (Wildman–Crippen LogP) is 3.56. The summed E-state index contributed by atoms with van der Waals surface area (Å²) in [6, 6.07) is 13.0. The number of amides is 1. The highest BCUT2D eigenvalue weighted by molar-refractivity contribution is 5.95. The molecule has 0 unspecified atom stereocenters. The Balaban J connectivity index is 1.85. The average Bonchev–Trinajstić information content (AvgIpc) is 2.56. The lowest BCUT2D eigenvalue weighted by molar-refractivity contribution is -0.155. The molecule has 0 saturated heterocycles. The van der Waals surface area contributed by atoms with Gasteiger partial charge in [-0.1, -0.05) is 24.3 Å². The Labute approximate surface area is 148 Å². The van der Waals surface area contributed by atoms with Crippen LogP contribution in [-0.2, 0) is 14.3 Å². The minimum atomic E-state index is -0.907. The SMILES string of the molecule is Cc1cccc(NC(=O)[C@H](C)OC(=O)COc2cccc(C)c2C)c1. The summed E-state index contributed by atoms with van der Waals surface area (Å²) in [5, 5.41) is 2.72. The fourth-order valence-corrected chi connectivity index (χ4v) is 2.27. The molecule has 0 bridgehead atoms. The third kappa shape index (κ3) is 5.35. The summed E-state index contributed by atoms with van der Waals surface area (Å²) in [6.07, 6.45) is -0.907. The molecule has 0 heterocycles. The topological polar surface area (TPSA) is 64.6 Å². The second kappa shape index (κ2) is 8.33. The molecule has 0 aliphatic heterocycles. The number of benzene rings is 2. The first-order valence-corrected chi connectivity index (χ1v) is 8.13. The van der Waals surface area contributed by atoms with Crippen LogP contribution in [0.5, 0.6) is 5.75 Å². The number of carbonyl (C=O) groups excluding carboxylic acids is 2. The summed E-state index contributed by atoms with van der Waals surface area (Å²) in [4.78, 5) is 24.0. The van der Waals surface area contributed by atoms with Crippen LogP contribution in [0.15, 0.2) is 42.5 Å². The van der Waals surface area contributed by atoms with Gasteiger partial charge < -0.3 is 14.8 Å². The maximum atomic E-state index is 12.1. The molecule has 5 heteroatoms. The summed E-state index contributed by atoms with van der Waals surface area (Å²) in [7, 11) is 0. The van der Waals surface area contributed by atoms with E-state index < -0.39 is 12.1 Å². The van der Waals surface area contributed by atoms with Gasteiger partial charge in [0.05, 0.1) is 0 Å². The van der Waals surface area contributed by atoms with E-state index in [4.69, 9.17) is 9.47 Å². The molecule has 2 rings (SSSR count). The first kappa shape index (κ1) is 18.5. The standard InChI is InChI=1S/C20H23NO4/c1-13-7-5-9-17(11-13)21-20(23)16(4)25-19(22)12-24-18-10-6-8-14(2)15(18)3/h5-11,16H,12H2,1-4H3,(H,21,23)/t16-/m0/s1. The van der Waals surface area contributed by atoms with Crippen molar-refractivity contribution < 1.29 is 19.1 Å². The maximum absolute atomic E-state index is 12.1. The van der Waals surface area contributed by atoms with Gasteiger partial charge in [-0.3, -0.25) is 4.79 Å². The van der Waals surface area contributed by atoms with Crippen molar-refractivity contribution in [2.45, 2.75) is 33.8 Å². The van der Waals surface area contributed by atoms with Gasteiger partial charge in [0, 0.05) is 5.69 Å². The van der Waals surface area contributed by atoms with Gasteiger partial charge in [0.2, 0.25) is 0 Å². The fourth-order valence-electron chi connectivity index (χ4n) is 2.27. The van der Waals surface area contributed by atoms with Crippen LogP contribution < -0.4 is 10.1 Å². The Morgan fingerprint density at radius 2 is 1.80 bits per heavy atom. The molecular weight excluding hydrogens is 318 g/mol. The summed E-state index contributed by atoms with van der Waals surface area (Å²) in [6.45, 7) is 7.11. The summed E-state index contributed by atoms with van der Waals surface area (Å²) in [5.74, 6) is -0.340. The van der Waals surface area contributed by atoms with Crippen LogP contribution in [0.1, 0.15) is 23.6 Å². The Morgan fingerprint density at radius 3 is 2.52 bits per heavy atom. The lowest BCUT2D eigenvalue weighted by Crippen LogP contribution is -2.31. The molecule has 0 aliphatic carbocycles. The molecule has 0 fully saturated rings. The third-order valence-corrected chi connectivity index (χ3v) is 3.86. The Kier molecular flexibility index (Phi) is 6.17. The molecule has 0 aromatic heterocycles. The fraction of sp³-hybridized carbons (Fsp3) is 0.300. The molecule has 0 spiro atoms. The van der Waals surface area contributed by atoms with Crippen molar-refractivity contribution in [3.8, 4) is 5.75 Å². The van der Waals surface area contributed by atoms with Crippen LogP contribution in [0.2, 0.25) is 0 Å². The highest BCUT2D eigenvalue weighted by atomic mass is 16.6. The van der Waals surface area contributed by atoms with E-state index in [2.05, 4.69) is 5.32 Å². The molecule has 25 heavy (non-hydrogen) atoms. The summed E-state index contributed by atoms with van der Waals surface area (Å²) in [5.41, 5.74) is 3.75. The monoisotopic (exact) mass is 341 g/mol. The van der Waals surface area contributed by atoms with Crippen LogP contribution >= 0.6 is 0 Å². The van der Waals surface area contributed by atoms with E-state index in [0.29, 0.717) is 11.4 Å². The number of nitrogens with one attached hydrogen (secondary N) is 1. The number of hydrogen-bond donors (Lipinski definition) is 1. The van der Waals surface area contributed by atoms with Crippen molar-refractivity contribution >= 4 is 17.6 Å². The molecular formula is C20H23NO4. The quantitative estimate of drug-likeness (QED) is 0.816. The molecule has 1 amide bonds. The first-order valence-electron chi connectivity index (χ1n) is 8.13. The smallest absolute Gasteiger partial charge is 0.344 e. The van der Waals surface area contributed by atoms with E-state index in [9.17, 15) is 9.59 Å². The summed E-state index contributed by atoms with van der Waals surface area (Å²) < 4.78 is 10.6. The number of anilines is 1. The Hall–Kier alpha value is -2.82. The minimum Gasteiger partial charge on any atom is -0.482 e. The van der Waals surface area contributed by atoms with E-state index in [1.165, 1.54) is 6.92 Å². The zero-order chi connectivity index (χ0) is 18.4. The van der Waals surface area contributed by atoms with Crippen LogP contribution in [0.25, 0.3) is 0 Å². The number of carbonyl (C=O) groups is 2. The van der Waals surface area contributed by atoms with Crippen molar-refractivity contribution in [1.82, 2.24) is 0 Å². The van der Waals surface area contributed by atoms with Gasteiger partial charge in [-0.05, 0) is 62.6 Å². The molecule has 0 saturated carbocycles. The van der Waals surface area contributed by atoms with Gasteiger partial charge in [-0.2, -0.15) is 0 Å². The lowest BCUT2D eigenvalue weighted by atomic mass is 10.1. The van der Waals surface area contributed by atoms with E-state index in [-0.39, 0.29) is 12.5 Å². The van der Waals surface area contributed by atoms with E-state index in [1.807, 2.05) is 51.1 Å². The highest BCUT2D eigenvalue weighted by Crippen LogP contribution is 2.20. The zero-order valence-corrected chi connectivity index (χ0v) is 15.0. The predicted molar refractivity (Wildman–Crippen MR) is 96.8 cm³/mol. The van der Waals surface area contributed by atoms with Crippen LogP contribution in [0.4, 0.5) is 5.69 Å². The average molecular weight is 341 g/mol. The molecule has 2 aromatic rings. The number of aryl methyl sites for hydroxylation is 2. The van der Waals surface area contributed by atoms with Gasteiger partial charge in [0.15, 0.2) is 12.7 Å². The first-order chi connectivity index (χ1) is 11.9. The van der Waals surface area contributed by atoms with Crippen LogP contribution in [0, 0.1) is 20.8 Å². The molecule has 5 nitrogen and oxygen atoms in total. The highest BCUT2D eigenvalue weighted by Gasteiger charge is 2.18. The summed E-state index contributed by atoms with van der Waals surface area (Å²) >= 11 is 0. The normalized spacial score (nSPS) is 11.5. The Morgan fingerprint density at radius 1 is 1.08 bits per heavy atom. The molecule has 2 aromatic carbocycles. The zero-order valence-electron chi connectivity index (χ0n) is 15.0. The van der Waals surface area contributed by atoms with Crippen LogP contribution in [0.3, 0.4) is 0 Å². The third-order valence-electron chi connectivity index (χ3n) is 3.86. The lowest BCUT2D eigenvalue weighted by Gasteiger charge is -2.15. The number of rotatable bonds is 6. The largest absolute Gasteiger partial charge is 0.482 e. The number of hydrogen-bond acceptors (Lipinski definition) is 4. The second-order valence-electron chi connectivity index (χ2n) is 5.98. The van der Waals surface area contributed by atoms with Gasteiger partial charge in [-0.15, -0.1) is 0 Å². The maximum Gasteiger partial charge on any atom is 0.344 e. The van der Waals surface area contributed by atoms with Gasteiger partial charge in [-0.25, -0.2) is 4.79 Å². The van der Waals surface area contributed by atoms with Gasteiger partial charge in [0.1, 0.15) is 5.75 Å². The Bertz CT molecular complexity index is 770. The number of ether oxygens (including phenoxy) is 2. The number of esters is 1. The second-order valence-corrected chi connectivity index (χ2v) is 5.98. The van der Waals surface area contributed by atoms with E-state index in [0.717, 1.165) is 16.7 Å². The van der Waals surface area contributed by atoms with E-state index in [1.54, 1.807) is 12.1 Å². The van der Waals surface area contributed by atoms with Crippen molar-refractivity contribution in [2.75, 3.05) is 11.9 Å². The molecule has 1 N–H and O–H groups in total. The minimum absolute atomic E-state index is 0.244. The van der Waals surface area contributed by atoms with Crippen molar-refractivity contribution in [3.63, 3.8) is 0 Å². The van der Waals surface area contributed by atoms with Gasteiger partial charge >= 0.3 is 5.97 Å². The van der Waals surface area contributed by atoms with Crippen molar-refractivity contribution in [3.05, 3.63) is 59.2 Å². The molecule has 0 radical (unpaired) electrons. The molecule has 132 valence electrons. The van der Waals surface area contributed by atoms with Crippen molar-refractivity contribution in [2.24, 2.45) is 0 Å². The van der Waals surface area contributed by atoms with Gasteiger partial charge in [0.25, 0.3) is 5.91 Å². The van der Waals surface area contributed by atoms with E-state index >= 15 is 0 Å². The molecule has 0 aliphatic rings. The molecule has 1 atom stereocenters. The van der Waals surface area contributed by atoms with Crippen LogP contribution in [-0.4, -0.2) is 24.6 Å². The van der Waals surface area contributed by atoms with Crippen molar-refractivity contribution in [1.29, 1.82) is 0 Å².